The number of aryl methyl sites for hydroxylation is 1. The van der Waals surface area contributed by atoms with Crippen molar-refractivity contribution in [1.82, 2.24) is 9.97 Å². The second-order valence-electron chi connectivity index (χ2n) is 5.43. The fourth-order valence-electron chi connectivity index (χ4n) is 2.78. The van der Waals surface area contributed by atoms with E-state index in [1.165, 1.54) is 44.9 Å². The third kappa shape index (κ3) is 4.16. The fraction of sp³-hybridized carbons (Fsp3) is 0.733. The Bertz CT molecular complexity index is 415. The molecule has 2 rings (SSSR count). The predicted molar refractivity (Wildman–Crippen MR) is 83.8 cm³/mol. The predicted octanol–water partition coefficient (Wildman–Crippen LogP) is 5.67. The molecule has 19 heavy (non-hydrogen) atoms. The molecule has 0 radical (unpaired) electrons. The zero-order chi connectivity index (χ0) is 13.7. The van der Waals surface area contributed by atoms with Crippen molar-refractivity contribution in [3.63, 3.8) is 0 Å². The summed E-state index contributed by atoms with van der Waals surface area (Å²) < 4.78 is 0.880. The topological polar surface area (TPSA) is 25.8 Å². The molecule has 1 aromatic heterocycles. The summed E-state index contributed by atoms with van der Waals surface area (Å²) in [5.74, 6) is 1.47. The summed E-state index contributed by atoms with van der Waals surface area (Å²) in [6, 6.07) is 0. The molecule has 1 aliphatic rings. The van der Waals surface area contributed by atoms with Crippen LogP contribution in [0.15, 0.2) is 4.47 Å². The molecule has 106 valence electrons. The highest BCUT2D eigenvalue weighted by molar-refractivity contribution is 9.10. The van der Waals surface area contributed by atoms with Crippen molar-refractivity contribution in [3.8, 4) is 0 Å². The van der Waals surface area contributed by atoms with E-state index in [-0.39, 0.29) is 0 Å². The van der Waals surface area contributed by atoms with Gasteiger partial charge in [-0.2, -0.15) is 0 Å². The number of hydrogen-bond acceptors (Lipinski definition) is 2. The van der Waals surface area contributed by atoms with Gasteiger partial charge in [-0.15, -0.1) is 0 Å². The van der Waals surface area contributed by atoms with Crippen molar-refractivity contribution in [2.75, 3.05) is 0 Å². The second kappa shape index (κ2) is 7.58. The first-order valence-corrected chi connectivity index (χ1v) is 8.61. The number of halogens is 2. The lowest BCUT2D eigenvalue weighted by Crippen LogP contribution is -2.09. The van der Waals surface area contributed by atoms with E-state index in [1.807, 2.05) is 0 Å². The highest BCUT2D eigenvalue weighted by Gasteiger charge is 2.19. The summed E-state index contributed by atoms with van der Waals surface area (Å²) >= 11 is 9.76. The van der Waals surface area contributed by atoms with Crippen LogP contribution in [0.25, 0.3) is 0 Å². The fourth-order valence-corrected chi connectivity index (χ4v) is 3.35. The zero-order valence-electron chi connectivity index (χ0n) is 11.6. The summed E-state index contributed by atoms with van der Waals surface area (Å²) in [6.07, 6.45) is 11.1. The van der Waals surface area contributed by atoms with Gasteiger partial charge in [0.1, 0.15) is 11.0 Å². The molecule has 4 heteroatoms. The van der Waals surface area contributed by atoms with Gasteiger partial charge in [0.25, 0.3) is 0 Å². The molecule has 0 aromatic carbocycles. The minimum absolute atomic E-state index is 0.501. The number of rotatable bonds is 3. The Hall–Kier alpha value is -0.150. The summed E-state index contributed by atoms with van der Waals surface area (Å²) in [4.78, 5) is 9.30. The molecule has 1 aliphatic carbocycles. The first-order chi connectivity index (χ1) is 9.22. The lowest BCUT2D eigenvalue weighted by atomic mass is 9.90. The van der Waals surface area contributed by atoms with E-state index < -0.39 is 0 Å². The van der Waals surface area contributed by atoms with E-state index in [2.05, 4.69) is 27.8 Å². The van der Waals surface area contributed by atoms with Gasteiger partial charge in [-0.05, 0) is 35.2 Å². The van der Waals surface area contributed by atoms with E-state index in [0.29, 0.717) is 11.1 Å². The average Bonchev–Trinajstić information content (AvgIpc) is 2.34. The van der Waals surface area contributed by atoms with Gasteiger partial charge in [0, 0.05) is 5.92 Å². The van der Waals surface area contributed by atoms with Crippen LogP contribution < -0.4 is 0 Å². The maximum atomic E-state index is 6.25. The molecule has 1 saturated carbocycles. The summed E-state index contributed by atoms with van der Waals surface area (Å²) in [6.45, 7) is 2.16. The zero-order valence-corrected chi connectivity index (χ0v) is 13.9. The van der Waals surface area contributed by atoms with Crippen LogP contribution in [-0.2, 0) is 6.42 Å². The van der Waals surface area contributed by atoms with Crippen molar-refractivity contribution in [2.24, 2.45) is 0 Å². The Kier molecular flexibility index (Phi) is 6.08. The van der Waals surface area contributed by atoms with Gasteiger partial charge in [0.2, 0.25) is 0 Å². The van der Waals surface area contributed by atoms with Gasteiger partial charge >= 0.3 is 0 Å². The summed E-state index contributed by atoms with van der Waals surface area (Å²) in [7, 11) is 0. The third-order valence-electron chi connectivity index (χ3n) is 3.85. The van der Waals surface area contributed by atoms with Crippen LogP contribution in [0.2, 0.25) is 5.15 Å². The van der Waals surface area contributed by atoms with Crippen molar-refractivity contribution < 1.29 is 0 Å². The smallest absolute Gasteiger partial charge is 0.147 e. The van der Waals surface area contributed by atoms with Crippen LogP contribution in [0.1, 0.15) is 75.7 Å². The van der Waals surface area contributed by atoms with E-state index in [9.17, 15) is 0 Å². The SMILES string of the molecule is CCCc1nc(C2CCCCCCC2)nc(Cl)c1Br. The van der Waals surface area contributed by atoms with Gasteiger partial charge in [-0.25, -0.2) is 9.97 Å². The first kappa shape index (κ1) is 15.2. The van der Waals surface area contributed by atoms with Crippen LogP contribution in [0, 0.1) is 0 Å². The van der Waals surface area contributed by atoms with Gasteiger partial charge in [-0.3, -0.25) is 0 Å². The Balaban J connectivity index is 2.22. The molecule has 0 N–H and O–H groups in total. The van der Waals surface area contributed by atoms with Gasteiger partial charge in [0.15, 0.2) is 0 Å². The molecule has 1 fully saturated rings. The quantitative estimate of drug-likeness (QED) is 0.659. The lowest BCUT2D eigenvalue weighted by molar-refractivity contribution is 0.441. The van der Waals surface area contributed by atoms with Crippen molar-refractivity contribution in [2.45, 2.75) is 70.6 Å². The van der Waals surface area contributed by atoms with E-state index in [0.717, 1.165) is 28.8 Å². The van der Waals surface area contributed by atoms with Crippen LogP contribution >= 0.6 is 27.5 Å². The summed E-state index contributed by atoms with van der Waals surface area (Å²) in [5, 5.41) is 0.579. The van der Waals surface area contributed by atoms with Crippen LogP contribution in [0.3, 0.4) is 0 Å². The molecule has 1 aromatic rings. The third-order valence-corrected chi connectivity index (χ3v) is 5.19. The first-order valence-electron chi connectivity index (χ1n) is 7.44. The molecule has 2 nitrogen and oxygen atoms in total. The molecule has 0 amide bonds. The Labute approximate surface area is 129 Å². The number of aromatic nitrogens is 2. The monoisotopic (exact) mass is 344 g/mol. The standard InChI is InChI=1S/C15H22BrClN2/c1-2-8-12-13(16)14(17)19-15(18-12)11-9-6-4-3-5-7-10-11/h11H,2-10H2,1H3. The molecule has 0 aliphatic heterocycles. The molecule has 0 bridgehead atoms. The Morgan fingerprint density at radius 1 is 1.11 bits per heavy atom. The minimum atomic E-state index is 0.501. The van der Waals surface area contributed by atoms with Crippen LogP contribution in [-0.4, -0.2) is 9.97 Å². The van der Waals surface area contributed by atoms with Gasteiger partial charge in [0.05, 0.1) is 10.2 Å². The normalized spacial score (nSPS) is 18.1. The molecular weight excluding hydrogens is 324 g/mol. The van der Waals surface area contributed by atoms with Crippen LogP contribution in [0.4, 0.5) is 0 Å². The minimum Gasteiger partial charge on any atom is -0.236 e. The van der Waals surface area contributed by atoms with E-state index in [1.54, 1.807) is 0 Å². The Morgan fingerprint density at radius 3 is 2.37 bits per heavy atom. The lowest BCUT2D eigenvalue weighted by Gasteiger charge is -2.19. The van der Waals surface area contributed by atoms with E-state index >= 15 is 0 Å². The van der Waals surface area contributed by atoms with Crippen molar-refractivity contribution in [3.05, 3.63) is 21.1 Å². The summed E-state index contributed by atoms with van der Waals surface area (Å²) in [5.41, 5.74) is 1.07. The average molecular weight is 346 g/mol. The number of hydrogen-bond donors (Lipinski definition) is 0. The van der Waals surface area contributed by atoms with Gasteiger partial charge in [-0.1, -0.05) is 57.0 Å². The molecule has 0 spiro atoms. The molecular formula is C15H22BrClN2. The highest BCUT2D eigenvalue weighted by Crippen LogP contribution is 2.32. The Morgan fingerprint density at radius 2 is 1.74 bits per heavy atom. The second-order valence-corrected chi connectivity index (χ2v) is 6.58. The maximum Gasteiger partial charge on any atom is 0.147 e. The van der Waals surface area contributed by atoms with Crippen molar-refractivity contribution in [1.29, 1.82) is 0 Å². The molecule has 0 atom stereocenters. The highest BCUT2D eigenvalue weighted by atomic mass is 79.9. The van der Waals surface area contributed by atoms with Gasteiger partial charge < -0.3 is 0 Å². The molecule has 1 heterocycles. The van der Waals surface area contributed by atoms with Crippen molar-refractivity contribution >= 4 is 27.5 Å². The molecule has 0 saturated heterocycles. The number of nitrogens with zero attached hydrogens (tertiary/aromatic N) is 2. The molecule has 0 unspecified atom stereocenters. The van der Waals surface area contributed by atoms with Crippen LogP contribution in [0.5, 0.6) is 0 Å². The van der Waals surface area contributed by atoms with E-state index in [4.69, 9.17) is 16.6 Å². The maximum absolute atomic E-state index is 6.25. The largest absolute Gasteiger partial charge is 0.236 e.